The molecule has 3 aromatic heterocycles. The number of carbonyl (C=O) groups excluding carboxylic acids is 1. The van der Waals surface area contributed by atoms with Gasteiger partial charge >= 0.3 is 11.7 Å². The number of carbonyl (C=O) groups is 1. The molecule has 0 radical (unpaired) electrons. The molecule has 0 unspecified atom stereocenters. The molecule has 0 saturated carbocycles. The fourth-order valence-corrected chi connectivity index (χ4v) is 3.66. The Hall–Kier alpha value is -3.88. The highest BCUT2D eigenvalue weighted by molar-refractivity contribution is 5.71. The van der Waals surface area contributed by atoms with Crippen LogP contribution < -0.4 is 11.2 Å². The van der Waals surface area contributed by atoms with Crippen molar-refractivity contribution in [3.05, 3.63) is 74.9 Å². The molecule has 0 aliphatic rings. The fraction of sp³-hybridized carbons (Fsp3) is 0.333. The molecule has 0 spiro atoms. The van der Waals surface area contributed by atoms with E-state index in [2.05, 4.69) is 9.97 Å². The van der Waals surface area contributed by atoms with Crippen LogP contribution in [0.4, 0.5) is 0 Å². The Bertz CT molecular complexity index is 1380. The summed E-state index contributed by atoms with van der Waals surface area (Å²) in [6.45, 7) is 2.37. The molecule has 4 aromatic rings. The number of imidazole rings is 1. The zero-order valence-corrected chi connectivity index (χ0v) is 18.7. The van der Waals surface area contributed by atoms with Gasteiger partial charge in [-0.15, -0.1) is 0 Å². The Morgan fingerprint density at radius 2 is 1.94 bits per heavy atom. The van der Waals surface area contributed by atoms with Crippen molar-refractivity contribution in [3.63, 3.8) is 0 Å². The lowest BCUT2D eigenvalue weighted by Crippen LogP contribution is -2.31. The molecule has 1 N–H and O–H groups in total. The first-order chi connectivity index (χ1) is 16.0. The summed E-state index contributed by atoms with van der Waals surface area (Å²) in [7, 11) is 1.66. The highest BCUT2D eigenvalue weighted by Gasteiger charge is 2.17. The van der Waals surface area contributed by atoms with Gasteiger partial charge in [0.05, 0.1) is 6.42 Å². The largest absolute Gasteiger partial charge is 0.461 e. The number of hydrogen-bond donors (Lipinski definition) is 1. The highest BCUT2D eigenvalue weighted by Crippen LogP contribution is 2.22. The standard InChI is InChI=1S/C24H26N4O5/c1-3-4-14-28-22-21(23(30)26-24(28)31)27(2)19(25-22)15-32-20(29)13-11-17-10-12-18(33-17)16-8-6-5-7-9-16/h5-10,12H,3-4,11,13-15H2,1-2H3,(H,26,30,31). The number of esters is 1. The Balaban J connectivity index is 1.41. The van der Waals surface area contributed by atoms with E-state index in [-0.39, 0.29) is 18.5 Å². The molecule has 0 aliphatic heterocycles. The van der Waals surface area contributed by atoms with Crippen molar-refractivity contribution in [3.8, 4) is 11.3 Å². The maximum absolute atomic E-state index is 12.3. The number of rotatable bonds is 9. The summed E-state index contributed by atoms with van der Waals surface area (Å²) in [4.78, 5) is 43.6. The molecule has 33 heavy (non-hydrogen) atoms. The van der Waals surface area contributed by atoms with E-state index in [0.717, 1.165) is 24.2 Å². The van der Waals surface area contributed by atoms with E-state index in [1.54, 1.807) is 11.6 Å². The van der Waals surface area contributed by atoms with Gasteiger partial charge in [-0.25, -0.2) is 9.78 Å². The summed E-state index contributed by atoms with van der Waals surface area (Å²) in [5.41, 5.74) is 0.550. The number of nitrogens with zero attached hydrogens (tertiary/aromatic N) is 3. The van der Waals surface area contributed by atoms with Gasteiger partial charge < -0.3 is 13.7 Å². The second kappa shape index (κ2) is 9.72. The van der Waals surface area contributed by atoms with Crippen LogP contribution in [0, 0.1) is 0 Å². The SMILES string of the molecule is CCCCn1c(=O)[nH]c(=O)c2c1nc(COC(=O)CCc1ccc(-c3ccccc3)o1)n2C. The van der Waals surface area contributed by atoms with Crippen LogP contribution in [-0.4, -0.2) is 25.1 Å². The van der Waals surface area contributed by atoms with Crippen LogP contribution in [0.25, 0.3) is 22.5 Å². The molecule has 0 saturated heterocycles. The molecule has 0 bridgehead atoms. The van der Waals surface area contributed by atoms with Gasteiger partial charge in [0.25, 0.3) is 5.56 Å². The predicted molar refractivity (Wildman–Crippen MR) is 123 cm³/mol. The zero-order valence-electron chi connectivity index (χ0n) is 18.7. The molecule has 9 heteroatoms. The number of H-pyrrole nitrogens is 1. The Labute approximate surface area is 189 Å². The summed E-state index contributed by atoms with van der Waals surface area (Å²) < 4.78 is 14.2. The van der Waals surface area contributed by atoms with E-state index in [9.17, 15) is 14.4 Å². The van der Waals surface area contributed by atoms with E-state index < -0.39 is 17.2 Å². The third-order valence-electron chi connectivity index (χ3n) is 5.50. The number of aromatic amines is 1. The minimum atomic E-state index is -0.512. The van der Waals surface area contributed by atoms with Crippen molar-refractivity contribution in [2.24, 2.45) is 7.05 Å². The van der Waals surface area contributed by atoms with E-state index >= 15 is 0 Å². The lowest BCUT2D eigenvalue weighted by Gasteiger charge is -2.05. The van der Waals surface area contributed by atoms with Crippen molar-refractivity contribution < 1.29 is 13.9 Å². The molecule has 0 amide bonds. The van der Waals surface area contributed by atoms with Gasteiger partial charge in [0.15, 0.2) is 11.2 Å². The number of furan rings is 1. The Kier molecular flexibility index (Phi) is 6.58. The average Bonchev–Trinajstić information content (AvgIpc) is 3.42. The Morgan fingerprint density at radius 3 is 2.70 bits per heavy atom. The Morgan fingerprint density at radius 1 is 1.15 bits per heavy atom. The molecule has 0 aliphatic carbocycles. The van der Waals surface area contributed by atoms with Gasteiger partial charge in [0, 0.05) is 25.6 Å². The molecule has 4 rings (SSSR count). The lowest BCUT2D eigenvalue weighted by atomic mass is 10.2. The van der Waals surface area contributed by atoms with E-state index in [0.29, 0.717) is 30.2 Å². The first-order valence-corrected chi connectivity index (χ1v) is 11.0. The van der Waals surface area contributed by atoms with Crippen LogP contribution in [0.15, 0.2) is 56.5 Å². The third kappa shape index (κ3) is 4.82. The number of hydrogen-bond acceptors (Lipinski definition) is 6. The number of unbranched alkanes of at least 4 members (excludes halogenated alkanes) is 1. The van der Waals surface area contributed by atoms with E-state index in [1.807, 2.05) is 49.4 Å². The summed E-state index contributed by atoms with van der Waals surface area (Å²) in [6.07, 6.45) is 2.23. The van der Waals surface area contributed by atoms with Gasteiger partial charge in [0.2, 0.25) is 0 Å². The molecule has 9 nitrogen and oxygen atoms in total. The minimum Gasteiger partial charge on any atom is -0.461 e. The fourth-order valence-electron chi connectivity index (χ4n) is 3.66. The van der Waals surface area contributed by atoms with Crippen LogP contribution in [-0.2, 0) is 36.2 Å². The second-order valence-electron chi connectivity index (χ2n) is 7.82. The van der Waals surface area contributed by atoms with Gasteiger partial charge in [-0.3, -0.25) is 19.1 Å². The summed E-state index contributed by atoms with van der Waals surface area (Å²) in [6, 6.07) is 13.5. The average molecular weight is 450 g/mol. The maximum Gasteiger partial charge on any atom is 0.330 e. The van der Waals surface area contributed by atoms with Crippen molar-refractivity contribution >= 4 is 17.1 Å². The van der Waals surface area contributed by atoms with Crippen LogP contribution >= 0.6 is 0 Å². The van der Waals surface area contributed by atoms with Gasteiger partial charge in [-0.05, 0) is 18.6 Å². The van der Waals surface area contributed by atoms with E-state index in [4.69, 9.17) is 9.15 Å². The maximum atomic E-state index is 12.3. The van der Waals surface area contributed by atoms with Crippen LogP contribution in [0.3, 0.4) is 0 Å². The zero-order chi connectivity index (χ0) is 23.4. The number of aromatic nitrogens is 4. The van der Waals surface area contributed by atoms with Gasteiger partial charge in [-0.2, -0.15) is 0 Å². The summed E-state index contributed by atoms with van der Waals surface area (Å²) >= 11 is 0. The third-order valence-corrected chi connectivity index (χ3v) is 5.50. The summed E-state index contributed by atoms with van der Waals surface area (Å²) in [5, 5.41) is 0. The molecule has 172 valence electrons. The molecule has 0 fully saturated rings. The molecule has 1 aromatic carbocycles. The molecular weight excluding hydrogens is 424 g/mol. The van der Waals surface area contributed by atoms with Crippen molar-refractivity contribution in [1.82, 2.24) is 19.1 Å². The summed E-state index contributed by atoms with van der Waals surface area (Å²) in [5.74, 6) is 1.43. The lowest BCUT2D eigenvalue weighted by molar-refractivity contribution is -0.145. The first-order valence-electron chi connectivity index (χ1n) is 11.0. The number of benzene rings is 1. The number of nitrogens with one attached hydrogen (secondary N) is 1. The monoisotopic (exact) mass is 450 g/mol. The topological polar surface area (TPSA) is 112 Å². The quantitative estimate of drug-likeness (QED) is 0.392. The smallest absolute Gasteiger partial charge is 0.330 e. The number of fused-ring (bicyclic) bond motifs is 1. The molecule has 3 heterocycles. The van der Waals surface area contributed by atoms with Crippen molar-refractivity contribution in [2.45, 2.75) is 45.8 Å². The molecular formula is C24H26N4O5. The minimum absolute atomic E-state index is 0.0984. The van der Waals surface area contributed by atoms with Gasteiger partial charge in [0.1, 0.15) is 24.0 Å². The van der Waals surface area contributed by atoms with Crippen LogP contribution in [0.1, 0.15) is 37.8 Å². The van der Waals surface area contributed by atoms with E-state index in [1.165, 1.54) is 4.57 Å². The predicted octanol–water partition coefficient (Wildman–Crippen LogP) is 3.16. The highest BCUT2D eigenvalue weighted by atomic mass is 16.5. The second-order valence-corrected chi connectivity index (χ2v) is 7.82. The van der Waals surface area contributed by atoms with Crippen LogP contribution in [0.2, 0.25) is 0 Å². The van der Waals surface area contributed by atoms with Crippen molar-refractivity contribution in [1.29, 1.82) is 0 Å². The number of aryl methyl sites for hydroxylation is 3. The van der Waals surface area contributed by atoms with Crippen molar-refractivity contribution in [2.75, 3.05) is 0 Å². The van der Waals surface area contributed by atoms with Gasteiger partial charge in [-0.1, -0.05) is 43.7 Å². The number of ether oxygens (including phenoxy) is 1. The first kappa shape index (κ1) is 22.3. The normalized spacial score (nSPS) is 11.2. The molecule has 0 atom stereocenters. The van der Waals surface area contributed by atoms with Crippen LogP contribution in [0.5, 0.6) is 0 Å².